The number of unbranched alkanes of at least 4 members (excludes halogenated alkanes) is 1. The van der Waals surface area contributed by atoms with Crippen LogP contribution in [0.4, 0.5) is 0 Å². The van der Waals surface area contributed by atoms with E-state index < -0.39 is 10.0 Å². The van der Waals surface area contributed by atoms with Crippen LogP contribution in [0.2, 0.25) is 0 Å². The summed E-state index contributed by atoms with van der Waals surface area (Å²) >= 11 is 0. The summed E-state index contributed by atoms with van der Waals surface area (Å²) in [4.78, 5) is 13.8. The Morgan fingerprint density at radius 1 is 1.22 bits per heavy atom. The molecular weight excluding hydrogens is 312 g/mol. The molecule has 0 saturated heterocycles. The Morgan fingerprint density at radius 2 is 1.91 bits per heavy atom. The third kappa shape index (κ3) is 7.14. The standard InChI is InChI=1S/C17H28N2O3S/c1-5-6-11-18(3)17(20)10-12-19(23(4,21)22)14-16-9-7-8-15(2)13-16/h7-9,13H,5-6,10-12,14H2,1-4H3. The maximum atomic E-state index is 12.1. The average Bonchev–Trinajstić information content (AvgIpc) is 2.47. The molecule has 6 heteroatoms. The molecule has 0 fully saturated rings. The molecule has 1 amide bonds. The SMILES string of the molecule is CCCCN(C)C(=O)CCN(Cc1cccc(C)c1)S(C)(=O)=O. The molecule has 0 N–H and O–H groups in total. The zero-order valence-corrected chi connectivity index (χ0v) is 15.4. The van der Waals surface area contributed by atoms with Crippen molar-refractivity contribution in [2.45, 2.75) is 39.7 Å². The number of hydrogen-bond donors (Lipinski definition) is 0. The average molecular weight is 340 g/mol. The van der Waals surface area contributed by atoms with Crippen LogP contribution in [0, 0.1) is 6.92 Å². The van der Waals surface area contributed by atoms with Crippen molar-refractivity contribution in [1.29, 1.82) is 0 Å². The molecule has 0 heterocycles. The molecule has 0 radical (unpaired) electrons. The molecule has 0 unspecified atom stereocenters. The van der Waals surface area contributed by atoms with Gasteiger partial charge in [-0.05, 0) is 18.9 Å². The number of rotatable bonds is 9. The van der Waals surface area contributed by atoms with Gasteiger partial charge in [-0.25, -0.2) is 8.42 Å². The van der Waals surface area contributed by atoms with E-state index in [2.05, 4.69) is 6.92 Å². The van der Waals surface area contributed by atoms with E-state index in [4.69, 9.17) is 0 Å². The molecule has 0 bridgehead atoms. The van der Waals surface area contributed by atoms with Crippen LogP contribution in [0.25, 0.3) is 0 Å². The summed E-state index contributed by atoms with van der Waals surface area (Å²) in [5, 5.41) is 0. The first-order valence-corrected chi connectivity index (χ1v) is 9.83. The highest BCUT2D eigenvalue weighted by molar-refractivity contribution is 7.88. The summed E-state index contributed by atoms with van der Waals surface area (Å²) in [6.45, 7) is 5.27. The monoisotopic (exact) mass is 340 g/mol. The molecule has 0 aliphatic rings. The van der Waals surface area contributed by atoms with Gasteiger partial charge in [0.1, 0.15) is 0 Å². The van der Waals surface area contributed by atoms with Gasteiger partial charge in [-0.3, -0.25) is 4.79 Å². The first kappa shape index (κ1) is 19.6. The van der Waals surface area contributed by atoms with Crippen LogP contribution >= 0.6 is 0 Å². The second-order valence-corrected chi connectivity index (χ2v) is 7.99. The summed E-state index contributed by atoms with van der Waals surface area (Å²) < 4.78 is 25.3. The van der Waals surface area contributed by atoms with Crippen molar-refractivity contribution in [2.75, 3.05) is 26.4 Å². The van der Waals surface area contributed by atoms with Gasteiger partial charge in [-0.1, -0.05) is 43.2 Å². The van der Waals surface area contributed by atoms with Gasteiger partial charge in [0.25, 0.3) is 0 Å². The third-order valence-corrected chi connectivity index (χ3v) is 5.01. The molecule has 0 atom stereocenters. The number of aryl methyl sites for hydroxylation is 1. The van der Waals surface area contributed by atoms with Gasteiger partial charge in [0.2, 0.25) is 15.9 Å². The lowest BCUT2D eigenvalue weighted by molar-refractivity contribution is -0.130. The molecule has 1 rings (SSSR count). The molecule has 1 aromatic carbocycles. The fourth-order valence-electron chi connectivity index (χ4n) is 2.31. The zero-order valence-electron chi connectivity index (χ0n) is 14.6. The first-order chi connectivity index (χ1) is 10.7. The smallest absolute Gasteiger partial charge is 0.223 e. The Labute approximate surface area is 140 Å². The lowest BCUT2D eigenvalue weighted by atomic mass is 10.1. The Bertz CT molecular complexity index is 614. The second kappa shape index (κ2) is 9.03. The first-order valence-electron chi connectivity index (χ1n) is 7.98. The molecule has 0 spiro atoms. The fraction of sp³-hybridized carbons (Fsp3) is 0.588. The van der Waals surface area contributed by atoms with Gasteiger partial charge < -0.3 is 4.90 Å². The maximum absolute atomic E-state index is 12.1. The van der Waals surface area contributed by atoms with Crippen LogP contribution in [0.3, 0.4) is 0 Å². The third-order valence-electron chi connectivity index (χ3n) is 3.76. The summed E-state index contributed by atoms with van der Waals surface area (Å²) in [7, 11) is -1.58. The van der Waals surface area contributed by atoms with E-state index in [0.717, 1.165) is 24.0 Å². The Balaban J connectivity index is 2.68. The number of hydrogen-bond acceptors (Lipinski definition) is 3. The van der Waals surface area contributed by atoms with Crippen LogP contribution in [0.1, 0.15) is 37.3 Å². The second-order valence-electron chi connectivity index (χ2n) is 6.00. The number of carbonyl (C=O) groups excluding carboxylic acids is 1. The number of amides is 1. The van der Waals surface area contributed by atoms with Gasteiger partial charge >= 0.3 is 0 Å². The van der Waals surface area contributed by atoms with Gasteiger partial charge in [0, 0.05) is 33.1 Å². The van der Waals surface area contributed by atoms with Crippen LogP contribution < -0.4 is 0 Å². The minimum absolute atomic E-state index is 0.0173. The molecule has 0 aliphatic heterocycles. The summed E-state index contributed by atoms with van der Waals surface area (Å²) in [6, 6.07) is 7.75. The van der Waals surface area contributed by atoms with E-state index >= 15 is 0 Å². The Kier molecular flexibility index (Phi) is 7.72. The minimum Gasteiger partial charge on any atom is -0.346 e. The van der Waals surface area contributed by atoms with Crippen LogP contribution in [-0.4, -0.2) is 49.9 Å². The van der Waals surface area contributed by atoms with Gasteiger partial charge in [-0.2, -0.15) is 4.31 Å². The number of benzene rings is 1. The van der Waals surface area contributed by atoms with Crippen LogP contribution in [-0.2, 0) is 21.4 Å². The minimum atomic E-state index is -3.35. The van der Waals surface area contributed by atoms with Gasteiger partial charge in [0.05, 0.1) is 6.26 Å². The van der Waals surface area contributed by atoms with E-state index in [1.165, 1.54) is 10.6 Å². The van der Waals surface area contributed by atoms with E-state index in [1.54, 1.807) is 11.9 Å². The lowest BCUT2D eigenvalue weighted by Gasteiger charge is -2.22. The van der Waals surface area contributed by atoms with Gasteiger partial charge in [0.15, 0.2) is 0 Å². The van der Waals surface area contributed by atoms with Crippen molar-refractivity contribution >= 4 is 15.9 Å². The quantitative estimate of drug-likeness (QED) is 0.693. The van der Waals surface area contributed by atoms with E-state index in [9.17, 15) is 13.2 Å². The van der Waals surface area contributed by atoms with Crippen molar-refractivity contribution in [3.8, 4) is 0 Å². The Hall–Kier alpha value is -1.40. The van der Waals surface area contributed by atoms with Crippen molar-refractivity contribution in [3.05, 3.63) is 35.4 Å². The highest BCUT2D eigenvalue weighted by Gasteiger charge is 2.19. The number of carbonyl (C=O) groups is 1. The van der Waals surface area contributed by atoms with E-state index in [0.29, 0.717) is 13.1 Å². The summed E-state index contributed by atoms with van der Waals surface area (Å²) in [5.41, 5.74) is 2.02. The van der Waals surface area contributed by atoms with E-state index in [-0.39, 0.29) is 18.9 Å². The molecule has 0 aromatic heterocycles. The highest BCUT2D eigenvalue weighted by Crippen LogP contribution is 2.11. The van der Waals surface area contributed by atoms with Crippen molar-refractivity contribution in [1.82, 2.24) is 9.21 Å². The fourth-order valence-corrected chi connectivity index (χ4v) is 3.11. The van der Waals surface area contributed by atoms with Crippen molar-refractivity contribution in [2.24, 2.45) is 0 Å². The number of sulfonamides is 1. The Morgan fingerprint density at radius 3 is 2.48 bits per heavy atom. The summed E-state index contributed by atoms with van der Waals surface area (Å²) in [5.74, 6) is -0.0173. The molecule has 0 aliphatic carbocycles. The lowest BCUT2D eigenvalue weighted by Crippen LogP contribution is -2.35. The van der Waals surface area contributed by atoms with Crippen LogP contribution in [0.5, 0.6) is 0 Å². The molecule has 130 valence electrons. The highest BCUT2D eigenvalue weighted by atomic mass is 32.2. The van der Waals surface area contributed by atoms with Crippen molar-refractivity contribution < 1.29 is 13.2 Å². The molecular formula is C17H28N2O3S. The topological polar surface area (TPSA) is 57.7 Å². The summed E-state index contributed by atoms with van der Waals surface area (Å²) in [6.07, 6.45) is 3.38. The molecule has 1 aromatic rings. The normalized spacial score (nSPS) is 11.7. The predicted molar refractivity (Wildman–Crippen MR) is 93.6 cm³/mol. The van der Waals surface area contributed by atoms with Crippen molar-refractivity contribution in [3.63, 3.8) is 0 Å². The molecule has 23 heavy (non-hydrogen) atoms. The van der Waals surface area contributed by atoms with E-state index in [1.807, 2.05) is 31.2 Å². The van der Waals surface area contributed by atoms with Crippen LogP contribution in [0.15, 0.2) is 24.3 Å². The predicted octanol–water partition coefficient (Wildman–Crippen LogP) is 2.41. The maximum Gasteiger partial charge on any atom is 0.223 e. The number of nitrogens with zero attached hydrogens (tertiary/aromatic N) is 2. The molecule has 0 saturated carbocycles. The zero-order chi connectivity index (χ0) is 17.5. The molecule has 5 nitrogen and oxygen atoms in total. The van der Waals surface area contributed by atoms with Gasteiger partial charge in [-0.15, -0.1) is 0 Å². The largest absolute Gasteiger partial charge is 0.346 e.